The summed E-state index contributed by atoms with van der Waals surface area (Å²) in [5, 5.41) is 7.56. The maximum atomic E-state index is 5.84. The van der Waals surface area contributed by atoms with Gasteiger partial charge < -0.3 is 11.1 Å². The van der Waals surface area contributed by atoms with Gasteiger partial charge >= 0.3 is 0 Å². The monoisotopic (exact) mass is 231 g/mol. The molecule has 17 heavy (non-hydrogen) atoms. The highest BCUT2D eigenvalue weighted by Crippen LogP contribution is 2.20. The Morgan fingerprint density at radius 3 is 2.94 bits per heavy atom. The standard InChI is InChI=1S/C12H17N5/c1-9-10(13)4-3-5-11(9)14-7-6-12-15-8-17(2)16-12/h3-5,8,14H,6-7,13H2,1-2H3. The molecule has 5 heteroatoms. The normalized spacial score (nSPS) is 10.5. The third kappa shape index (κ3) is 2.75. The summed E-state index contributed by atoms with van der Waals surface area (Å²) < 4.78 is 1.71. The van der Waals surface area contributed by atoms with Gasteiger partial charge in [0.05, 0.1) is 0 Å². The predicted molar refractivity (Wildman–Crippen MR) is 68.8 cm³/mol. The van der Waals surface area contributed by atoms with Gasteiger partial charge in [-0.1, -0.05) is 6.07 Å². The van der Waals surface area contributed by atoms with Gasteiger partial charge in [0, 0.05) is 31.4 Å². The number of benzene rings is 1. The summed E-state index contributed by atoms with van der Waals surface area (Å²) in [6.07, 6.45) is 2.51. The van der Waals surface area contributed by atoms with Gasteiger partial charge in [-0.2, -0.15) is 5.10 Å². The number of hydrogen-bond acceptors (Lipinski definition) is 4. The molecule has 0 bridgehead atoms. The van der Waals surface area contributed by atoms with Gasteiger partial charge in [0.25, 0.3) is 0 Å². The number of hydrogen-bond donors (Lipinski definition) is 2. The zero-order valence-corrected chi connectivity index (χ0v) is 10.1. The number of nitrogens with one attached hydrogen (secondary N) is 1. The number of nitrogens with two attached hydrogens (primary N) is 1. The van der Waals surface area contributed by atoms with Gasteiger partial charge in [-0.3, -0.25) is 4.68 Å². The van der Waals surface area contributed by atoms with Crippen LogP contribution < -0.4 is 11.1 Å². The second kappa shape index (κ2) is 4.86. The minimum absolute atomic E-state index is 0.800. The Labute approximate surface area is 101 Å². The Bertz CT molecular complexity index is 503. The maximum absolute atomic E-state index is 5.84. The van der Waals surface area contributed by atoms with Crippen LogP contribution in [0.5, 0.6) is 0 Å². The zero-order valence-electron chi connectivity index (χ0n) is 10.1. The highest BCUT2D eigenvalue weighted by molar-refractivity contribution is 5.62. The van der Waals surface area contributed by atoms with Gasteiger partial charge in [0.15, 0.2) is 5.82 Å². The van der Waals surface area contributed by atoms with E-state index in [2.05, 4.69) is 15.4 Å². The molecule has 0 fully saturated rings. The molecule has 0 aliphatic carbocycles. The molecule has 5 nitrogen and oxygen atoms in total. The number of aromatic nitrogens is 3. The topological polar surface area (TPSA) is 68.8 Å². The summed E-state index contributed by atoms with van der Waals surface area (Å²) in [6.45, 7) is 2.81. The van der Waals surface area contributed by atoms with E-state index in [0.29, 0.717) is 0 Å². The van der Waals surface area contributed by atoms with Crippen LogP contribution in [-0.4, -0.2) is 21.3 Å². The third-order valence-corrected chi connectivity index (χ3v) is 2.69. The molecule has 2 rings (SSSR count). The van der Waals surface area contributed by atoms with Crippen molar-refractivity contribution in [3.63, 3.8) is 0 Å². The molecular formula is C12H17N5. The SMILES string of the molecule is Cc1c(N)cccc1NCCc1ncn(C)n1. The molecule has 0 unspecified atom stereocenters. The molecule has 0 saturated carbocycles. The van der Waals surface area contributed by atoms with E-state index >= 15 is 0 Å². The van der Waals surface area contributed by atoms with Crippen LogP contribution in [-0.2, 0) is 13.5 Å². The molecule has 0 spiro atoms. The zero-order chi connectivity index (χ0) is 12.3. The average Bonchev–Trinajstić information content (AvgIpc) is 2.70. The number of nitrogen functional groups attached to an aromatic ring is 1. The lowest BCUT2D eigenvalue weighted by atomic mass is 10.1. The molecule has 0 amide bonds. The van der Waals surface area contributed by atoms with E-state index in [1.165, 1.54) is 0 Å². The minimum atomic E-state index is 0.800. The van der Waals surface area contributed by atoms with Crippen molar-refractivity contribution in [2.75, 3.05) is 17.6 Å². The van der Waals surface area contributed by atoms with Crippen molar-refractivity contribution in [2.24, 2.45) is 7.05 Å². The van der Waals surface area contributed by atoms with Crippen LogP contribution in [0.2, 0.25) is 0 Å². The van der Waals surface area contributed by atoms with E-state index in [4.69, 9.17) is 5.73 Å². The van der Waals surface area contributed by atoms with Crippen LogP contribution in [0.1, 0.15) is 11.4 Å². The van der Waals surface area contributed by atoms with E-state index < -0.39 is 0 Å². The lowest BCUT2D eigenvalue weighted by molar-refractivity contribution is 0.742. The fraction of sp³-hybridized carbons (Fsp3) is 0.333. The van der Waals surface area contributed by atoms with Gasteiger partial charge in [0.2, 0.25) is 0 Å². The van der Waals surface area contributed by atoms with E-state index in [-0.39, 0.29) is 0 Å². The summed E-state index contributed by atoms with van der Waals surface area (Å²) in [6, 6.07) is 5.88. The summed E-state index contributed by atoms with van der Waals surface area (Å²) in [7, 11) is 1.87. The number of aryl methyl sites for hydroxylation is 1. The highest BCUT2D eigenvalue weighted by atomic mass is 15.3. The van der Waals surface area contributed by atoms with Gasteiger partial charge in [-0.25, -0.2) is 4.98 Å². The molecule has 2 aromatic rings. The van der Waals surface area contributed by atoms with E-state index in [0.717, 1.165) is 35.7 Å². The van der Waals surface area contributed by atoms with Crippen LogP contribution >= 0.6 is 0 Å². The Morgan fingerprint density at radius 1 is 1.41 bits per heavy atom. The number of rotatable bonds is 4. The second-order valence-corrected chi connectivity index (χ2v) is 4.03. The Balaban J connectivity index is 1.92. The molecule has 1 aromatic heterocycles. The Hall–Kier alpha value is -2.04. The van der Waals surface area contributed by atoms with Gasteiger partial charge in [-0.05, 0) is 24.6 Å². The smallest absolute Gasteiger partial charge is 0.152 e. The molecule has 0 saturated heterocycles. The largest absolute Gasteiger partial charge is 0.398 e. The molecule has 0 atom stereocenters. The second-order valence-electron chi connectivity index (χ2n) is 4.03. The fourth-order valence-corrected chi connectivity index (χ4v) is 1.65. The van der Waals surface area contributed by atoms with Crippen molar-refractivity contribution >= 4 is 11.4 Å². The molecule has 0 aliphatic heterocycles. The van der Waals surface area contributed by atoms with Crippen molar-refractivity contribution in [3.05, 3.63) is 35.9 Å². The number of nitrogens with zero attached hydrogens (tertiary/aromatic N) is 3. The van der Waals surface area contributed by atoms with Crippen LogP contribution in [0.4, 0.5) is 11.4 Å². The fourth-order valence-electron chi connectivity index (χ4n) is 1.65. The van der Waals surface area contributed by atoms with Crippen molar-refractivity contribution in [2.45, 2.75) is 13.3 Å². The van der Waals surface area contributed by atoms with E-state index in [9.17, 15) is 0 Å². The Kier molecular flexibility index (Phi) is 3.27. The van der Waals surface area contributed by atoms with E-state index in [1.807, 2.05) is 32.2 Å². The van der Waals surface area contributed by atoms with Crippen LogP contribution in [0.3, 0.4) is 0 Å². The summed E-state index contributed by atoms with van der Waals surface area (Å²) in [4.78, 5) is 4.17. The summed E-state index contributed by atoms with van der Waals surface area (Å²) >= 11 is 0. The predicted octanol–water partition coefficient (Wildman–Crippen LogP) is 1.36. The third-order valence-electron chi connectivity index (χ3n) is 2.69. The molecule has 1 aromatic carbocycles. The van der Waals surface area contributed by atoms with Crippen molar-refractivity contribution in [1.29, 1.82) is 0 Å². The van der Waals surface area contributed by atoms with Crippen molar-refractivity contribution in [1.82, 2.24) is 14.8 Å². The van der Waals surface area contributed by atoms with Crippen LogP contribution in [0, 0.1) is 6.92 Å². The first-order valence-electron chi connectivity index (χ1n) is 5.60. The van der Waals surface area contributed by atoms with E-state index in [1.54, 1.807) is 11.0 Å². The van der Waals surface area contributed by atoms with Crippen LogP contribution in [0.15, 0.2) is 24.5 Å². The quantitative estimate of drug-likeness (QED) is 0.780. The lowest BCUT2D eigenvalue weighted by Crippen LogP contribution is -2.08. The maximum Gasteiger partial charge on any atom is 0.152 e. The molecule has 3 N–H and O–H groups in total. The van der Waals surface area contributed by atoms with Crippen molar-refractivity contribution < 1.29 is 0 Å². The Morgan fingerprint density at radius 2 is 2.24 bits per heavy atom. The van der Waals surface area contributed by atoms with Gasteiger partial charge in [-0.15, -0.1) is 0 Å². The molecular weight excluding hydrogens is 214 g/mol. The number of anilines is 2. The molecule has 0 aliphatic rings. The lowest BCUT2D eigenvalue weighted by Gasteiger charge is -2.10. The highest BCUT2D eigenvalue weighted by Gasteiger charge is 2.02. The summed E-state index contributed by atoms with van der Waals surface area (Å²) in [5.41, 5.74) is 8.80. The first-order chi connectivity index (χ1) is 8.16. The van der Waals surface area contributed by atoms with Gasteiger partial charge in [0.1, 0.15) is 6.33 Å². The molecule has 1 heterocycles. The first kappa shape index (κ1) is 11.4. The van der Waals surface area contributed by atoms with Crippen molar-refractivity contribution in [3.8, 4) is 0 Å². The summed E-state index contributed by atoms with van der Waals surface area (Å²) in [5.74, 6) is 0.849. The molecule has 0 radical (unpaired) electrons. The first-order valence-corrected chi connectivity index (χ1v) is 5.60. The average molecular weight is 231 g/mol. The molecule has 90 valence electrons. The van der Waals surface area contributed by atoms with Crippen LogP contribution in [0.25, 0.3) is 0 Å². The minimum Gasteiger partial charge on any atom is -0.398 e.